The topological polar surface area (TPSA) is 69.0 Å². The van der Waals surface area contributed by atoms with Crippen molar-refractivity contribution in [3.8, 4) is 5.82 Å². The third kappa shape index (κ3) is 2.90. The van der Waals surface area contributed by atoms with Crippen molar-refractivity contribution in [1.82, 2.24) is 29.9 Å². The summed E-state index contributed by atoms with van der Waals surface area (Å²) in [6, 6.07) is 7.97. The van der Waals surface area contributed by atoms with E-state index in [1.807, 2.05) is 28.9 Å². The molecule has 0 saturated carbocycles. The molecule has 0 amide bonds. The number of hydrogen-bond donors (Lipinski definition) is 0. The van der Waals surface area contributed by atoms with E-state index in [9.17, 15) is 0 Å². The molecule has 3 aromatic heterocycles. The van der Waals surface area contributed by atoms with Crippen LogP contribution in [-0.2, 0) is 11.3 Å². The molecule has 4 aromatic rings. The van der Waals surface area contributed by atoms with Gasteiger partial charge in [0.15, 0.2) is 5.82 Å². The van der Waals surface area contributed by atoms with Crippen molar-refractivity contribution in [3.05, 3.63) is 40.5 Å². The molecule has 1 saturated heterocycles. The van der Waals surface area contributed by atoms with Gasteiger partial charge in [-0.05, 0) is 31.5 Å². The van der Waals surface area contributed by atoms with E-state index in [4.69, 9.17) is 14.7 Å². The fourth-order valence-electron chi connectivity index (χ4n) is 3.48. The van der Waals surface area contributed by atoms with Gasteiger partial charge in [0.1, 0.15) is 16.2 Å². The predicted octanol–water partition coefficient (Wildman–Crippen LogP) is 2.87. The molecule has 8 heteroatoms. The minimum absolute atomic E-state index is 0.717. The van der Waals surface area contributed by atoms with Crippen molar-refractivity contribution in [1.29, 1.82) is 0 Å². The predicted molar refractivity (Wildman–Crippen MR) is 105 cm³/mol. The molecule has 1 aliphatic rings. The van der Waals surface area contributed by atoms with Gasteiger partial charge in [0.05, 0.1) is 30.7 Å². The van der Waals surface area contributed by atoms with Crippen molar-refractivity contribution in [3.63, 3.8) is 0 Å². The Balaban J connectivity index is 1.69. The number of nitrogens with zero attached hydrogens (tertiary/aromatic N) is 6. The van der Waals surface area contributed by atoms with Gasteiger partial charge in [0.25, 0.3) is 0 Å². The average Bonchev–Trinajstić information content (AvgIpc) is 3.23. The average molecular weight is 380 g/mol. The Kier molecular flexibility index (Phi) is 4.11. The van der Waals surface area contributed by atoms with Crippen LogP contribution in [0.1, 0.15) is 16.3 Å². The lowest BCUT2D eigenvalue weighted by Crippen LogP contribution is -2.36. The minimum Gasteiger partial charge on any atom is -0.379 e. The Hall–Kier alpha value is -2.42. The summed E-state index contributed by atoms with van der Waals surface area (Å²) in [6.07, 6.45) is 0. The van der Waals surface area contributed by atoms with E-state index >= 15 is 0 Å². The molecule has 0 spiro atoms. The molecule has 1 aromatic carbocycles. The maximum atomic E-state index is 5.45. The maximum Gasteiger partial charge on any atom is 0.168 e. The summed E-state index contributed by atoms with van der Waals surface area (Å²) < 4.78 is 7.30. The molecule has 0 aliphatic carbocycles. The number of ether oxygens (including phenoxy) is 1. The summed E-state index contributed by atoms with van der Waals surface area (Å²) >= 11 is 1.72. The van der Waals surface area contributed by atoms with E-state index in [2.05, 4.69) is 29.1 Å². The van der Waals surface area contributed by atoms with E-state index in [1.54, 1.807) is 11.3 Å². The first kappa shape index (κ1) is 16.7. The molecule has 4 heterocycles. The number of benzene rings is 1. The zero-order valence-electron chi connectivity index (χ0n) is 15.3. The highest BCUT2D eigenvalue weighted by atomic mass is 32.1. The molecule has 1 fully saturated rings. The van der Waals surface area contributed by atoms with Gasteiger partial charge >= 0.3 is 0 Å². The van der Waals surface area contributed by atoms with Gasteiger partial charge in [-0.25, -0.2) is 9.97 Å². The molecule has 0 atom stereocenters. The van der Waals surface area contributed by atoms with Gasteiger partial charge in [0.2, 0.25) is 0 Å². The summed E-state index contributed by atoms with van der Waals surface area (Å²) in [5, 5.41) is 9.78. The maximum absolute atomic E-state index is 5.45. The minimum atomic E-state index is 0.717. The van der Waals surface area contributed by atoms with Crippen molar-refractivity contribution in [2.24, 2.45) is 0 Å². The lowest BCUT2D eigenvalue weighted by Gasteiger charge is -2.25. The second kappa shape index (κ2) is 6.63. The second-order valence-corrected chi connectivity index (χ2v) is 8.01. The van der Waals surface area contributed by atoms with Crippen LogP contribution in [0, 0.1) is 13.8 Å². The first-order valence-corrected chi connectivity index (χ1v) is 9.90. The number of hydrogen-bond acceptors (Lipinski definition) is 7. The first-order chi connectivity index (χ1) is 13.2. The van der Waals surface area contributed by atoms with Gasteiger partial charge in [-0.2, -0.15) is 4.68 Å². The van der Waals surface area contributed by atoms with E-state index in [0.29, 0.717) is 0 Å². The van der Waals surface area contributed by atoms with Gasteiger partial charge in [-0.3, -0.25) is 4.90 Å². The molecule has 0 radical (unpaired) electrons. The second-order valence-electron chi connectivity index (χ2n) is 6.81. The van der Waals surface area contributed by atoms with E-state index < -0.39 is 0 Å². The highest BCUT2D eigenvalue weighted by Gasteiger charge is 2.20. The molecule has 0 bridgehead atoms. The molecule has 5 rings (SSSR count). The number of rotatable bonds is 3. The summed E-state index contributed by atoms with van der Waals surface area (Å²) in [5.41, 5.74) is 3.03. The SMILES string of the molecule is Cc1sc2nc(CN3CCOCC3)nc(-n3nnc4ccccc43)c2c1C. The zero-order valence-corrected chi connectivity index (χ0v) is 16.2. The molecule has 138 valence electrons. The van der Waals surface area contributed by atoms with Crippen LogP contribution in [0.25, 0.3) is 27.1 Å². The standard InChI is InChI=1S/C19H20N6OS/c1-12-13(2)27-19-17(12)18(25-15-6-4-3-5-14(15)22-23-25)20-16(21-19)11-24-7-9-26-10-8-24/h3-6H,7-11H2,1-2H3. The number of para-hydroxylation sites is 1. The van der Waals surface area contributed by atoms with Crippen LogP contribution in [0.2, 0.25) is 0 Å². The third-order valence-electron chi connectivity index (χ3n) is 5.08. The highest BCUT2D eigenvalue weighted by Crippen LogP contribution is 2.33. The first-order valence-electron chi connectivity index (χ1n) is 9.08. The lowest BCUT2D eigenvalue weighted by atomic mass is 10.2. The van der Waals surface area contributed by atoms with E-state index in [0.717, 1.165) is 65.7 Å². The van der Waals surface area contributed by atoms with Crippen LogP contribution in [0.3, 0.4) is 0 Å². The van der Waals surface area contributed by atoms with Crippen molar-refractivity contribution in [2.45, 2.75) is 20.4 Å². The van der Waals surface area contributed by atoms with Crippen LogP contribution >= 0.6 is 11.3 Å². The normalized spacial score (nSPS) is 15.8. The Morgan fingerprint density at radius 1 is 1.11 bits per heavy atom. The van der Waals surface area contributed by atoms with Crippen molar-refractivity contribution >= 4 is 32.6 Å². The van der Waals surface area contributed by atoms with Gasteiger partial charge in [-0.15, -0.1) is 16.4 Å². The zero-order chi connectivity index (χ0) is 18.4. The molecular formula is C19H20N6OS. The molecule has 27 heavy (non-hydrogen) atoms. The van der Waals surface area contributed by atoms with Crippen molar-refractivity contribution in [2.75, 3.05) is 26.3 Å². The lowest BCUT2D eigenvalue weighted by molar-refractivity contribution is 0.0331. The number of aromatic nitrogens is 5. The summed E-state index contributed by atoms with van der Waals surface area (Å²) in [4.78, 5) is 14.4. The van der Waals surface area contributed by atoms with Crippen LogP contribution in [-0.4, -0.2) is 56.2 Å². The smallest absolute Gasteiger partial charge is 0.168 e. The molecule has 7 nitrogen and oxygen atoms in total. The number of aryl methyl sites for hydroxylation is 2. The van der Waals surface area contributed by atoms with E-state index in [-0.39, 0.29) is 0 Å². The summed E-state index contributed by atoms with van der Waals surface area (Å²) in [7, 11) is 0. The Morgan fingerprint density at radius 3 is 2.78 bits per heavy atom. The van der Waals surface area contributed by atoms with Gasteiger partial charge in [0, 0.05) is 18.0 Å². The monoisotopic (exact) mass is 380 g/mol. The number of fused-ring (bicyclic) bond motifs is 2. The van der Waals surface area contributed by atoms with Crippen LogP contribution in [0.5, 0.6) is 0 Å². The Labute approximate surface area is 160 Å². The number of thiophene rings is 1. The third-order valence-corrected chi connectivity index (χ3v) is 6.18. The summed E-state index contributed by atoms with van der Waals surface area (Å²) in [5.74, 6) is 1.64. The molecule has 0 N–H and O–H groups in total. The highest BCUT2D eigenvalue weighted by molar-refractivity contribution is 7.18. The molecule has 1 aliphatic heterocycles. The largest absolute Gasteiger partial charge is 0.379 e. The van der Waals surface area contributed by atoms with Gasteiger partial charge < -0.3 is 4.74 Å². The number of morpholine rings is 1. The molecular weight excluding hydrogens is 360 g/mol. The van der Waals surface area contributed by atoms with Crippen LogP contribution in [0.15, 0.2) is 24.3 Å². The Morgan fingerprint density at radius 2 is 1.93 bits per heavy atom. The fraction of sp³-hybridized carbons (Fsp3) is 0.368. The Bertz CT molecular complexity index is 1130. The summed E-state index contributed by atoms with van der Waals surface area (Å²) in [6.45, 7) is 8.32. The van der Waals surface area contributed by atoms with Crippen LogP contribution < -0.4 is 0 Å². The fourth-order valence-corrected chi connectivity index (χ4v) is 4.52. The molecule has 0 unspecified atom stereocenters. The van der Waals surface area contributed by atoms with Gasteiger partial charge in [-0.1, -0.05) is 17.3 Å². The van der Waals surface area contributed by atoms with E-state index in [1.165, 1.54) is 10.4 Å². The quantitative estimate of drug-likeness (QED) is 0.544. The van der Waals surface area contributed by atoms with Crippen molar-refractivity contribution < 1.29 is 4.74 Å². The van der Waals surface area contributed by atoms with Crippen LogP contribution in [0.4, 0.5) is 0 Å².